The van der Waals surface area contributed by atoms with Gasteiger partial charge in [-0.2, -0.15) is 0 Å². The molecule has 0 aromatic heterocycles. The number of ether oxygens (including phenoxy) is 2. The second kappa shape index (κ2) is 26.4. The number of amides is 5. The van der Waals surface area contributed by atoms with Crippen LogP contribution >= 0.6 is 0 Å². The van der Waals surface area contributed by atoms with Crippen LogP contribution in [0.25, 0.3) is 0 Å². The zero-order valence-corrected chi connectivity index (χ0v) is 31.7. The molecule has 17 heteroatoms. The van der Waals surface area contributed by atoms with Gasteiger partial charge in [-0.15, -0.1) is 0 Å². The summed E-state index contributed by atoms with van der Waals surface area (Å²) in [4.78, 5) is 80.7. The summed E-state index contributed by atoms with van der Waals surface area (Å²) < 4.78 is 10.6. The summed E-state index contributed by atoms with van der Waals surface area (Å²) in [5, 5.41) is 20.8. The highest BCUT2D eigenvalue weighted by atomic mass is 16.5. The Bertz CT molecular complexity index is 1110. The van der Waals surface area contributed by atoms with Crippen LogP contribution in [-0.4, -0.2) is 128 Å². The number of nitrogens with two attached hydrogens (primary N) is 3. The molecule has 52 heavy (non-hydrogen) atoms. The molecule has 17 nitrogen and oxygen atoms in total. The minimum Gasteiger partial charge on any atom is -0.480 e. The van der Waals surface area contributed by atoms with Crippen molar-refractivity contribution in [1.82, 2.24) is 26.2 Å². The molecule has 1 heterocycles. The van der Waals surface area contributed by atoms with Gasteiger partial charge in [-0.3, -0.25) is 24.0 Å². The summed E-state index contributed by atoms with van der Waals surface area (Å²) >= 11 is 0. The van der Waals surface area contributed by atoms with E-state index in [2.05, 4.69) is 21.3 Å². The van der Waals surface area contributed by atoms with Crippen molar-refractivity contribution in [2.45, 2.75) is 122 Å². The maximum Gasteiger partial charge on any atom is 0.326 e. The molecule has 1 aliphatic heterocycles. The van der Waals surface area contributed by atoms with Gasteiger partial charge in [-0.05, 0) is 82.7 Å². The third kappa shape index (κ3) is 17.4. The lowest BCUT2D eigenvalue weighted by molar-refractivity contribution is -0.149. The second-order valence-electron chi connectivity index (χ2n) is 13.8. The van der Waals surface area contributed by atoms with E-state index in [0.717, 1.165) is 0 Å². The number of carboxylic acids is 1. The molecule has 11 N–H and O–H groups in total. The van der Waals surface area contributed by atoms with Gasteiger partial charge >= 0.3 is 5.97 Å². The minimum absolute atomic E-state index is 0.0278. The van der Waals surface area contributed by atoms with Gasteiger partial charge in [0.1, 0.15) is 36.8 Å². The van der Waals surface area contributed by atoms with E-state index in [1.54, 1.807) is 6.92 Å². The highest BCUT2D eigenvalue weighted by Gasteiger charge is 2.39. The Morgan fingerprint density at radius 2 is 1.35 bits per heavy atom. The fourth-order valence-corrected chi connectivity index (χ4v) is 5.90. The molecule has 1 saturated heterocycles. The molecule has 5 amide bonds. The van der Waals surface area contributed by atoms with Crippen LogP contribution in [0.2, 0.25) is 0 Å². The Hall–Kier alpha value is -3.38. The maximum absolute atomic E-state index is 13.9. The van der Waals surface area contributed by atoms with Crippen LogP contribution in [0.3, 0.4) is 0 Å². The number of nitrogens with one attached hydrogen (secondary N) is 4. The van der Waals surface area contributed by atoms with Crippen molar-refractivity contribution in [2.24, 2.45) is 29.0 Å². The molecule has 300 valence electrons. The van der Waals surface area contributed by atoms with Crippen molar-refractivity contribution in [3.63, 3.8) is 0 Å². The van der Waals surface area contributed by atoms with Crippen LogP contribution in [-0.2, 0) is 38.2 Å². The molecule has 0 spiro atoms. The normalized spacial score (nSPS) is 17.2. The van der Waals surface area contributed by atoms with E-state index in [9.17, 15) is 33.9 Å². The smallest absolute Gasteiger partial charge is 0.326 e. The molecular weight excluding hydrogens is 676 g/mol. The number of hydrogen-bond donors (Lipinski definition) is 8. The van der Waals surface area contributed by atoms with E-state index < -0.39 is 65.7 Å². The summed E-state index contributed by atoms with van der Waals surface area (Å²) in [5.41, 5.74) is 16.8. The number of rotatable bonds is 28. The lowest BCUT2D eigenvalue weighted by atomic mass is 9.96. The quantitative estimate of drug-likeness (QED) is 0.0465. The largest absolute Gasteiger partial charge is 0.480 e. The number of likely N-dealkylation sites (tertiary alicyclic amines) is 1. The highest BCUT2D eigenvalue weighted by Crippen LogP contribution is 2.20. The average Bonchev–Trinajstić information content (AvgIpc) is 3.61. The van der Waals surface area contributed by atoms with Crippen LogP contribution in [0.4, 0.5) is 0 Å². The zero-order valence-electron chi connectivity index (χ0n) is 31.7. The van der Waals surface area contributed by atoms with Crippen LogP contribution in [0, 0.1) is 11.8 Å². The van der Waals surface area contributed by atoms with E-state index in [0.29, 0.717) is 77.6 Å². The third-order valence-electron chi connectivity index (χ3n) is 8.98. The standard InChI is InChI=1S/C35H66N8O9/c1-5-24(4)30(42-32(46)27(21-23(2)3)39-29(44)22-52-20-19-51-18-16-38)33(47)40-25(11-6-8-14-36)31(45)41-26(12-7-9-15-37)34(48)43-17-10-13-28(43)35(49)50/h23-28,30H,5-22,36-38H2,1-4H3,(H,39,44)(H,40,47)(H,41,45)(H,42,46)(H,49,50)/t24-,25-,26-,27-,28-,30-/m0/s1. The van der Waals surface area contributed by atoms with Crippen molar-refractivity contribution in [3.05, 3.63) is 0 Å². The molecule has 1 rings (SSSR count). The van der Waals surface area contributed by atoms with E-state index in [1.807, 2.05) is 20.8 Å². The van der Waals surface area contributed by atoms with E-state index in [1.165, 1.54) is 4.90 Å². The Morgan fingerprint density at radius 1 is 0.750 bits per heavy atom. The third-order valence-corrected chi connectivity index (χ3v) is 8.98. The lowest BCUT2D eigenvalue weighted by Gasteiger charge is -2.30. The molecule has 0 aromatic rings. The summed E-state index contributed by atoms with van der Waals surface area (Å²) in [7, 11) is 0. The summed E-state index contributed by atoms with van der Waals surface area (Å²) in [5.74, 6) is -4.16. The number of carboxylic acid groups (broad SMARTS) is 1. The van der Waals surface area contributed by atoms with Crippen LogP contribution < -0.4 is 38.5 Å². The van der Waals surface area contributed by atoms with Gasteiger partial charge in [-0.25, -0.2) is 4.79 Å². The molecule has 1 fully saturated rings. The molecule has 0 bridgehead atoms. The van der Waals surface area contributed by atoms with E-state index >= 15 is 0 Å². The van der Waals surface area contributed by atoms with Crippen molar-refractivity contribution in [2.75, 3.05) is 52.6 Å². The first kappa shape index (κ1) is 46.6. The van der Waals surface area contributed by atoms with Crippen molar-refractivity contribution >= 4 is 35.5 Å². The fraction of sp³-hybridized carbons (Fsp3) is 0.829. The van der Waals surface area contributed by atoms with Crippen molar-refractivity contribution in [1.29, 1.82) is 0 Å². The molecule has 0 unspecified atom stereocenters. The first-order valence-corrected chi connectivity index (χ1v) is 18.8. The number of carbonyl (C=O) groups is 6. The molecule has 0 radical (unpaired) electrons. The molecular formula is C35H66N8O9. The predicted molar refractivity (Wildman–Crippen MR) is 196 cm³/mol. The number of hydrogen-bond acceptors (Lipinski definition) is 11. The Labute approximate surface area is 308 Å². The molecule has 6 atom stereocenters. The Balaban J connectivity index is 3.16. The van der Waals surface area contributed by atoms with Crippen LogP contribution in [0.1, 0.15) is 91.9 Å². The van der Waals surface area contributed by atoms with Crippen LogP contribution in [0.5, 0.6) is 0 Å². The highest BCUT2D eigenvalue weighted by molar-refractivity contribution is 5.96. The van der Waals surface area contributed by atoms with E-state index in [4.69, 9.17) is 26.7 Å². The minimum atomic E-state index is -1.10. The van der Waals surface area contributed by atoms with Gasteiger partial charge < -0.3 is 57.9 Å². The SMILES string of the molecule is CC[C@H](C)[C@H](NC(=O)[C@H](CC(C)C)NC(=O)COCCOCCN)C(=O)N[C@@H](CCCCN)C(=O)N[C@@H](CCCCN)C(=O)N1CCC[C@H]1C(=O)O. The summed E-state index contributed by atoms with van der Waals surface area (Å²) in [6.07, 6.45) is 4.34. The lowest BCUT2D eigenvalue weighted by Crippen LogP contribution is -2.60. The van der Waals surface area contributed by atoms with Crippen LogP contribution in [0.15, 0.2) is 0 Å². The van der Waals surface area contributed by atoms with E-state index in [-0.39, 0.29) is 51.0 Å². The van der Waals surface area contributed by atoms with Crippen molar-refractivity contribution in [3.8, 4) is 0 Å². The van der Waals surface area contributed by atoms with Gasteiger partial charge in [0.25, 0.3) is 0 Å². The number of carbonyl (C=O) groups excluding carboxylic acids is 5. The van der Waals surface area contributed by atoms with Gasteiger partial charge in [0.2, 0.25) is 29.5 Å². The topological polar surface area (TPSA) is 271 Å². The van der Waals surface area contributed by atoms with Gasteiger partial charge in [0, 0.05) is 13.1 Å². The zero-order chi connectivity index (χ0) is 39.1. The molecule has 0 aliphatic carbocycles. The van der Waals surface area contributed by atoms with Gasteiger partial charge in [0.05, 0.1) is 19.8 Å². The fourth-order valence-electron chi connectivity index (χ4n) is 5.90. The van der Waals surface area contributed by atoms with Crippen molar-refractivity contribution < 1.29 is 43.3 Å². The van der Waals surface area contributed by atoms with Gasteiger partial charge in [0.15, 0.2) is 0 Å². The number of unbranched alkanes of at least 4 members (excludes halogenated alkanes) is 2. The maximum atomic E-state index is 13.9. The second-order valence-corrected chi connectivity index (χ2v) is 13.8. The number of nitrogens with zero attached hydrogens (tertiary/aromatic N) is 1. The first-order valence-electron chi connectivity index (χ1n) is 18.8. The monoisotopic (exact) mass is 742 g/mol. The molecule has 0 aromatic carbocycles. The summed E-state index contributed by atoms with van der Waals surface area (Å²) in [6.45, 7) is 9.40. The van der Waals surface area contributed by atoms with Gasteiger partial charge in [-0.1, -0.05) is 34.1 Å². The Morgan fingerprint density at radius 3 is 1.92 bits per heavy atom. The number of aliphatic carboxylic acids is 1. The Kier molecular flexibility index (Phi) is 23.7. The predicted octanol–water partition coefficient (Wildman–Crippen LogP) is -0.657. The average molecular weight is 743 g/mol. The first-order chi connectivity index (χ1) is 24.8. The molecule has 1 aliphatic rings. The molecule has 0 saturated carbocycles. The summed E-state index contributed by atoms with van der Waals surface area (Å²) in [6, 6.07) is -5.06.